The molecule has 3 aromatic rings. The van der Waals surface area contributed by atoms with Gasteiger partial charge >= 0.3 is 6.03 Å². The fourth-order valence-corrected chi connectivity index (χ4v) is 5.13. The van der Waals surface area contributed by atoms with Crippen LogP contribution in [0.25, 0.3) is 11.4 Å². The number of rotatable bonds is 3. The third-order valence-corrected chi connectivity index (χ3v) is 6.95. The van der Waals surface area contributed by atoms with Gasteiger partial charge in [-0.3, -0.25) is 10.1 Å². The highest BCUT2D eigenvalue weighted by atomic mass is 16.5. The molecule has 3 amide bonds. The van der Waals surface area contributed by atoms with E-state index in [-0.39, 0.29) is 17.2 Å². The summed E-state index contributed by atoms with van der Waals surface area (Å²) in [6.07, 6.45) is 3.26. The minimum Gasteiger partial charge on any atom is -0.339 e. The Bertz CT molecular complexity index is 1220. The fourth-order valence-electron chi connectivity index (χ4n) is 5.13. The molecule has 7 heteroatoms. The summed E-state index contributed by atoms with van der Waals surface area (Å²) in [6, 6.07) is 15.5. The zero-order valence-electron chi connectivity index (χ0n) is 16.4. The number of urea groups is 1. The molecule has 3 aliphatic rings. The first-order valence-corrected chi connectivity index (χ1v) is 10.2. The number of nitrogens with zero attached hydrogens (tertiary/aromatic N) is 2. The van der Waals surface area contributed by atoms with Gasteiger partial charge in [0.2, 0.25) is 11.7 Å². The van der Waals surface area contributed by atoms with Crippen LogP contribution in [0, 0.1) is 0 Å². The van der Waals surface area contributed by atoms with Crippen LogP contribution >= 0.6 is 0 Å². The predicted molar refractivity (Wildman–Crippen MR) is 108 cm³/mol. The van der Waals surface area contributed by atoms with Crippen molar-refractivity contribution in [3.63, 3.8) is 0 Å². The quantitative estimate of drug-likeness (QED) is 0.658. The van der Waals surface area contributed by atoms with E-state index in [0.29, 0.717) is 17.3 Å². The van der Waals surface area contributed by atoms with Gasteiger partial charge in [-0.2, -0.15) is 4.98 Å². The molecule has 7 nitrogen and oxygen atoms in total. The van der Waals surface area contributed by atoms with Crippen molar-refractivity contribution in [2.45, 2.75) is 43.1 Å². The van der Waals surface area contributed by atoms with E-state index in [1.54, 1.807) is 13.0 Å². The molecular formula is C23H20N4O3. The number of aryl methyl sites for hydroxylation is 1. The van der Waals surface area contributed by atoms with E-state index in [0.717, 1.165) is 24.8 Å². The Morgan fingerprint density at radius 3 is 2.83 bits per heavy atom. The average molecular weight is 400 g/mol. The summed E-state index contributed by atoms with van der Waals surface area (Å²) in [4.78, 5) is 28.6. The van der Waals surface area contributed by atoms with Gasteiger partial charge in [0.1, 0.15) is 5.54 Å². The first kappa shape index (κ1) is 17.4. The Labute approximate surface area is 172 Å². The molecule has 2 aromatic carbocycles. The van der Waals surface area contributed by atoms with Crippen LogP contribution < -0.4 is 10.6 Å². The molecule has 1 aliphatic heterocycles. The lowest BCUT2D eigenvalue weighted by atomic mass is 9.91. The van der Waals surface area contributed by atoms with Crippen LogP contribution in [0.15, 0.2) is 53.1 Å². The van der Waals surface area contributed by atoms with Crippen molar-refractivity contribution in [1.29, 1.82) is 0 Å². The summed E-state index contributed by atoms with van der Waals surface area (Å²) in [5.74, 6) is 1.04. The molecule has 3 atom stereocenters. The molecule has 3 unspecified atom stereocenters. The lowest BCUT2D eigenvalue weighted by Gasteiger charge is -2.21. The Morgan fingerprint density at radius 1 is 1.13 bits per heavy atom. The first-order chi connectivity index (χ1) is 14.5. The topological polar surface area (TPSA) is 97.1 Å². The second kappa shape index (κ2) is 5.78. The maximum Gasteiger partial charge on any atom is 0.322 e. The number of hydrogen-bond acceptors (Lipinski definition) is 5. The van der Waals surface area contributed by atoms with Gasteiger partial charge in [-0.15, -0.1) is 0 Å². The molecule has 150 valence electrons. The molecule has 2 heterocycles. The number of hydrogen-bond donors (Lipinski definition) is 2. The average Bonchev–Trinajstić information content (AvgIpc) is 3.02. The molecule has 30 heavy (non-hydrogen) atoms. The Morgan fingerprint density at radius 2 is 2.00 bits per heavy atom. The molecule has 1 spiro atoms. The van der Waals surface area contributed by atoms with Crippen LogP contribution in [0.5, 0.6) is 0 Å². The highest BCUT2D eigenvalue weighted by Gasteiger charge is 2.61. The molecular weight excluding hydrogens is 380 g/mol. The number of aromatic nitrogens is 2. The van der Waals surface area contributed by atoms with Crippen molar-refractivity contribution in [2.24, 2.45) is 0 Å². The second-order valence-corrected chi connectivity index (χ2v) is 8.64. The maximum atomic E-state index is 12.3. The van der Waals surface area contributed by atoms with E-state index >= 15 is 0 Å². The molecule has 2 aliphatic carbocycles. The summed E-state index contributed by atoms with van der Waals surface area (Å²) < 4.78 is 5.66. The number of amides is 3. The van der Waals surface area contributed by atoms with E-state index in [1.165, 1.54) is 11.1 Å². The summed E-state index contributed by atoms with van der Waals surface area (Å²) in [5.41, 5.74) is 3.29. The zero-order chi connectivity index (χ0) is 20.5. The van der Waals surface area contributed by atoms with Crippen molar-refractivity contribution in [3.8, 4) is 11.4 Å². The van der Waals surface area contributed by atoms with Crippen molar-refractivity contribution in [2.75, 3.05) is 0 Å². The first-order valence-electron chi connectivity index (χ1n) is 10.2. The van der Waals surface area contributed by atoms with E-state index in [9.17, 15) is 9.59 Å². The minimum atomic E-state index is -1.12. The van der Waals surface area contributed by atoms with Crippen LogP contribution in [0.4, 0.5) is 4.79 Å². The number of benzene rings is 2. The number of imide groups is 1. The Kier molecular flexibility index (Phi) is 3.35. The van der Waals surface area contributed by atoms with E-state index in [2.05, 4.69) is 40.1 Å². The van der Waals surface area contributed by atoms with E-state index < -0.39 is 11.6 Å². The normalized spacial score (nSPS) is 29.0. The van der Waals surface area contributed by atoms with Crippen LogP contribution in [-0.4, -0.2) is 22.1 Å². The molecule has 2 N–H and O–H groups in total. The third kappa shape index (κ3) is 2.32. The number of nitrogens with one attached hydrogen (secondary N) is 2. The Hall–Kier alpha value is -3.48. The number of fused-ring (bicyclic) bond motifs is 2. The van der Waals surface area contributed by atoms with Gasteiger partial charge in [-0.25, -0.2) is 4.79 Å². The van der Waals surface area contributed by atoms with Crippen molar-refractivity contribution in [3.05, 3.63) is 71.1 Å². The Balaban J connectivity index is 1.30. The summed E-state index contributed by atoms with van der Waals surface area (Å²) >= 11 is 0. The molecule has 0 radical (unpaired) electrons. The van der Waals surface area contributed by atoms with E-state index in [4.69, 9.17) is 9.51 Å². The van der Waals surface area contributed by atoms with Gasteiger partial charge in [0.15, 0.2) is 0 Å². The molecule has 1 aromatic heterocycles. The second-order valence-electron chi connectivity index (χ2n) is 8.64. The van der Waals surface area contributed by atoms with Crippen molar-refractivity contribution < 1.29 is 14.1 Å². The van der Waals surface area contributed by atoms with Crippen LogP contribution in [0.1, 0.15) is 48.3 Å². The highest BCUT2D eigenvalue weighted by molar-refractivity contribution is 6.07. The highest BCUT2D eigenvalue weighted by Crippen LogP contribution is 2.66. The monoisotopic (exact) mass is 400 g/mol. The van der Waals surface area contributed by atoms with Gasteiger partial charge in [-0.1, -0.05) is 47.6 Å². The zero-order valence-corrected chi connectivity index (χ0v) is 16.4. The number of carbonyl (C=O) groups is 2. The lowest BCUT2D eigenvalue weighted by molar-refractivity contribution is -0.123. The van der Waals surface area contributed by atoms with Crippen molar-refractivity contribution >= 4 is 11.9 Å². The molecule has 1 saturated carbocycles. The summed E-state index contributed by atoms with van der Waals surface area (Å²) in [5, 5.41) is 9.19. The maximum absolute atomic E-state index is 12.3. The summed E-state index contributed by atoms with van der Waals surface area (Å²) in [7, 11) is 0. The molecule has 0 bridgehead atoms. The molecule has 2 fully saturated rings. The van der Waals surface area contributed by atoms with Crippen LogP contribution in [0.2, 0.25) is 0 Å². The largest absolute Gasteiger partial charge is 0.339 e. The van der Waals surface area contributed by atoms with Gasteiger partial charge in [-0.05, 0) is 48.9 Å². The fraction of sp³-hybridized carbons (Fsp3) is 0.304. The van der Waals surface area contributed by atoms with E-state index in [1.807, 2.05) is 18.2 Å². The van der Waals surface area contributed by atoms with Gasteiger partial charge in [0, 0.05) is 16.9 Å². The summed E-state index contributed by atoms with van der Waals surface area (Å²) in [6.45, 7) is 1.68. The van der Waals surface area contributed by atoms with Gasteiger partial charge in [0.05, 0.1) is 0 Å². The lowest BCUT2D eigenvalue weighted by Crippen LogP contribution is -2.40. The third-order valence-electron chi connectivity index (χ3n) is 6.95. The standard InChI is InChI=1S/C23H20N4O3/c1-22(20(28)25-21(29)26-22)15-7-4-6-14(11-15)18-24-19(30-27-18)17-12-23(17)10-9-13-5-2-3-8-16(13)23/h2-8,11,17H,9-10,12H2,1H3,(H2,25,26,28,29). The molecule has 6 rings (SSSR count). The van der Waals surface area contributed by atoms with Gasteiger partial charge in [0.25, 0.3) is 5.91 Å². The molecule has 1 saturated heterocycles. The number of carbonyl (C=O) groups excluding carboxylic acids is 2. The van der Waals surface area contributed by atoms with Crippen molar-refractivity contribution in [1.82, 2.24) is 20.8 Å². The van der Waals surface area contributed by atoms with Gasteiger partial charge < -0.3 is 9.84 Å². The smallest absolute Gasteiger partial charge is 0.322 e. The van der Waals surface area contributed by atoms with Crippen LogP contribution in [-0.2, 0) is 22.2 Å². The minimum absolute atomic E-state index is 0.141. The SMILES string of the molecule is CC1(c2cccc(-c3noc(C4CC45CCc4ccccc45)n3)c2)NC(=O)NC1=O. The van der Waals surface area contributed by atoms with Crippen LogP contribution in [0.3, 0.4) is 0 Å². The predicted octanol–water partition coefficient (Wildman–Crippen LogP) is 3.16.